The van der Waals surface area contributed by atoms with Crippen LogP contribution in [-0.2, 0) is 17.6 Å². The molecule has 0 aromatic heterocycles. The number of rotatable bonds is 5. The number of hydrogen-bond donors (Lipinski definition) is 1. The van der Waals surface area contributed by atoms with Crippen molar-refractivity contribution in [1.29, 1.82) is 0 Å². The number of aryl methyl sites for hydroxylation is 2. The van der Waals surface area contributed by atoms with Crippen LogP contribution in [0, 0.1) is 0 Å². The zero-order chi connectivity index (χ0) is 20.1. The fraction of sp³-hybridized carbons (Fsp3) is 0.222. The Bertz CT molecular complexity index is 1010. The van der Waals surface area contributed by atoms with Gasteiger partial charge in [0.2, 0.25) is 0 Å². The van der Waals surface area contributed by atoms with Gasteiger partial charge in [0.05, 0.1) is 6.04 Å². The number of benzene rings is 3. The summed E-state index contributed by atoms with van der Waals surface area (Å²) in [6.07, 6.45) is 6.82. The van der Waals surface area contributed by atoms with Crippen LogP contribution < -0.4 is 5.32 Å². The van der Waals surface area contributed by atoms with Gasteiger partial charge in [-0.1, -0.05) is 78.9 Å². The Hall–Kier alpha value is -3.13. The van der Waals surface area contributed by atoms with Crippen molar-refractivity contribution < 1.29 is 4.79 Å². The second-order valence-corrected chi connectivity index (χ2v) is 7.77. The number of fused-ring (bicyclic) bond motifs is 1. The van der Waals surface area contributed by atoms with Crippen LogP contribution in [0.1, 0.15) is 53.6 Å². The number of carbonyl (C=O) groups excluding carboxylic acids is 1. The van der Waals surface area contributed by atoms with Crippen molar-refractivity contribution in [3.05, 3.63) is 107 Å². The van der Waals surface area contributed by atoms with Crippen LogP contribution in [0.3, 0.4) is 0 Å². The topological polar surface area (TPSA) is 29.1 Å². The summed E-state index contributed by atoms with van der Waals surface area (Å²) >= 11 is 0. The van der Waals surface area contributed by atoms with Gasteiger partial charge >= 0.3 is 0 Å². The molecule has 1 N–H and O–H groups in total. The van der Waals surface area contributed by atoms with E-state index in [2.05, 4.69) is 30.4 Å². The molecular formula is C27H27NO. The average molecular weight is 382 g/mol. The quantitative estimate of drug-likeness (QED) is 0.427. The highest BCUT2D eigenvalue weighted by Gasteiger charge is 2.17. The lowest BCUT2D eigenvalue weighted by Gasteiger charge is -2.20. The third-order valence-corrected chi connectivity index (χ3v) is 5.66. The monoisotopic (exact) mass is 381 g/mol. The predicted octanol–water partition coefficient (Wildman–Crippen LogP) is 5.98. The lowest BCUT2D eigenvalue weighted by atomic mass is 9.89. The summed E-state index contributed by atoms with van der Waals surface area (Å²) in [6.45, 7) is 2.06. The molecule has 0 spiro atoms. The van der Waals surface area contributed by atoms with Gasteiger partial charge in [0.1, 0.15) is 0 Å². The van der Waals surface area contributed by atoms with E-state index in [0.29, 0.717) is 5.57 Å². The number of amides is 1. The Morgan fingerprint density at radius 3 is 2.24 bits per heavy atom. The molecule has 1 aliphatic carbocycles. The molecule has 3 aromatic rings. The normalized spacial score (nSPS) is 14.7. The van der Waals surface area contributed by atoms with Gasteiger partial charge in [0.25, 0.3) is 5.91 Å². The summed E-state index contributed by atoms with van der Waals surface area (Å²) in [5.41, 5.74) is 6.70. The molecule has 2 nitrogen and oxygen atoms in total. The van der Waals surface area contributed by atoms with Crippen molar-refractivity contribution in [2.45, 2.75) is 38.6 Å². The fourth-order valence-corrected chi connectivity index (χ4v) is 3.99. The van der Waals surface area contributed by atoms with E-state index in [4.69, 9.17) is 0 Å². The lowest BCUT2D eigenvalue weighted by Crippen LogP contribution is -2.27. The van der Waals surface area contributed by atoms with E-state index < -0.39 is 0 Å². The van der Waals surface area contributed by atoms with E-state index in [1.807, 2.05) is 66.7 Å². The average Bonchev–Trinajstić information content (AvgIpc) is 2.78. The van der Waals surface area contributed by atoms with Gasteiger partial charge in [0, 0.05) is 5.57 Å². The first-order chi connectivity index (χ1) is 14.2. The number of hydrogen-bond acceptors (Lipinski definition) is 1. The van der Waals surface area contributed by atoms with Crippen molar-refractivity contribution >= 4 is 17.6 Å². The molecule has 0 radical (unpaired) electrons. The van der Waals surface area contributed by atoms with Crippen LogP contribution in [0.25, 0.3) is 11.6 Å². The van der Waals surface area contributed by atoms with E-state index >= 15 is 0 Å². The van der Waals surface area contributed by atoms with Crippen molar-refractivity contribution in [3.8, 4) is 0 Å². The molecule has 1 atom stereocenters. The SMILES string of the molecule is C[C@H](NC(=O)/C(=C/c1ccccc1)c1ccccc1)c1ccc2c(c1)CCCC2. The molecule has 0 aliphatic heterocycles. The minimum absolute atomic E-state index is 0.0439. The summed E-state index contributed by atoms with van der Waals surface area (Å²) in [4.78, 5) is 13.2. The van der Waals surface area contributed by atoms with Crippen molar-refractivity contribution in [2.75, 3.05) is 0 Å². The Morgan fingerprint density at radius 2 is 1.52 bits per heavy atom. The largest absolute Gasteiger partial charge is 0.345 e. The number of carbonyl (C=O) groups is 1. The molecule has 2 heteroatoms. The van der Waals surface area contributed by atoms with Gasteiger partial charge in [-0.05, 0) is 66.5 Å². The van der Waals surface area contributed by atoms with E-state index in [0.717, 1.165) is 17.5 Å². The van der Waals surface area contributed by atoms with E-state index in [1.165, 1.54) is 36.0 Å². The molecule has 146 valence electrons. The molecule has 0 saturated carbocycles. The summed E-state index contributed by atoms with van der Waals surface area (Å²) in [6, 6.07) is 26.5. The van der Waals surface area contributed by atoms with E-state index in [-0.39, 0.29) is 11.9 Å². The van der Waals surface area contributed by atoms with Crippen LogP contribution in [0.4, 0.5) is 0 Å². The highest BCUT2D eigenvalue weighted by molar-refractivity contribution is 6.24. The highest BCUT2D eigenvalue weighted by Crippen LogP contribution is 2.26. The third-order valence-electron chi connectivity index (χ3n) is 5.66. The molecule has 0 saturated heterocycles. The van der Waals surface area contributed by atoms with Crippen LogP contribution >= 0.6 is 0 Å². The zero-order valence-corrected chi connectivity index (χ0v) is 16.9. The van der Waals surface area contributed by atoms with Crippen molar-refractivity contribution in [2.24, 2.45) is 0 Å². The first-order valence-electron chi connectivity index (χ1n) is 10.5. The molecule has 0 fully saturated rings. The molecule has 1 aliphatic rings. The standard InChI is InChI=1S/C27H27NO/c1-20(24-17-16-22-12-8-9-15-25(22)19-24)28-27(29)26(23-13-6-3-7-14-23)18-21-10-4-2-5-11-21/h2-7,10-11,13-14,16-20H,8-9,12,15H2,1H3,(H,28,29)/b26-18+/t20-/m0/s1. The summed E-state index contributed by atoms with van der Waals surface area (Å²) in [5, 5.41) is 3.21. The second-order valence-electron chi connectivity index (χ2n) is 7.77. The van der Waals surface area contributed by atoms with E-state index in [9.17, 15) is 4.79 Å². The third kappa shape index (κ3) is 4.65. The van der Waals surface area contributed by atoms with Gasteiger partial charge in [0.15, 0.2) is 0 Å². The van der Waals surface area contributed by atoms with Crippen LogP contribution in [0.5, 0.6) is 0 Å². The summed E-state index contributed by atoms with van der Waals surface area (Å²) < 4.78 is 0. The smallest absolute Gasteiger partial charge is 0.252 e. The van der Waals surface area contributed by atoms with Crippen LogP contribution in [-0.4, -0.2) is 5.91 Å². The van der Waals surface area contributed by atoms with Crippen LogP contribution in [0.15, 0.2) is 78.9 Å². The molecule has 4 rings (SSSR count). The molecule has 29 heavy (non-hydrogen) atoms. The highest BCUT2D eigenvalue weighted by atomic mass is 16.1. The van der Waals surface area contributed by atoms with Crippen LogP contribution in [0.2, 0.25) is 0 Å². The van der Waals surface area contributed by atoms with Crippen molar-refractivity contribution in [1.82, 2.24) is 5.32 Å². The minimum atomic E-state index is -0.0507. The lowest BCUT2D eigenvalue weighted by molar-refractivity contribution is -0.116. The van der Waals surface area contributed by atoms with Crippen molar-refractivity contribution in [3.63, 3.8) is 0 Å². The van der Waals surface area contributed by atoms with E-state index in [1.54, 1.807) is 0 Å². The first-order valence-corrected chi connectivity index (χ1v) is 10.5. The zero-order valence-electron chi connectivity index (χ0n) is 16.9. The molecular weight excluding hydrogens is 354 g/mol. The molecule has 3 aromatic carbocycles. The predicted molar refractivity (Wildman–Crippen MR) is 120 cm³/mol. The van der Waals surface area contributed by atoms with Gasteiger partial charge in [-0.25, -0.2) is 0 Å². The Morgan fingerprint density at radius 1 is 0.862 bits per heavy atom. The second kappa shape index (κ2) is 8.91. The van der Waals surface area contributed by atoms with Gasteiger partial charge < -0.3 is 5.32 Å². The first kappa shape index (κ1) is 19.2. The minimum Gasteiger partial charge on any atom is -0.345 e. The van der Waals surface area contributed by atoms with Gasteiger partial charge in [-0.15, -0.1) is 0 Å². The molecule has 0 heterocycles. The molecule has 1 amide bonds. The van der Waals surface area contributed by atoms with Gasteiger partial charge in [-0.2, -0.15) is 0 Å². The maximum Gasteiger partial charge on any atom is 0.252 e. The summed E-state index contributed by atoms with van der Waals surface area (Å²) in [7, 11) is 0. The summed E-state index contributed by atoms with van der Waals surface area (Å²) in [5.74, 6) is -0.0507. The Kier molecular flexibility index (Phi) is 5.90. The number of nitrogens with one attached hydrogen (secondary N) is 1. The molecule has 0 bridgehead atoms. The van der Waals surface area contributed by atoms with Gasteiger partial charge in [-0.3, -0.25) is 4.79 Å². The maximum absolute atomic E-state index is 13.2. The Balaban J connectivity index is 1.59. The molecule has 0 unspecified atom stereocenters. The fourth-order valence-electron chi connectivity index (χ4n) is 3.99. The maximum atomic E-state index is 13.2. The Labute approximate surface area is 173 Å².